The number of benzene rings is 1. The maximum atomic E-state index is 12.7. The largest absolute Gasteiger partial charge is 0.389 e. The molecule has 8 heteroatoms. The molecule has 0 bridgehead atoms. The van der Waals surface area contributed by atoms with Gasteiger partial charge in [0, 0.05) is 30.6 Å². The highest BCUT2D eigenvalue weighted by Crippen LogP contribution is 2.55. The Morgan fingerprint density at radius 3 is 2.54 bits per heavy atom. The van der Waals surface area contributed by atoms with Crippen LogP contribution in [0.4, 0.5) is 13.2 Å². The molecule has 3 heterocycles. The number of alkyl halides is 3. The minimum Gasteiger partial charge on any atom is -0.378 e. The molecular formula is C29H44F3N3O2. The predicted molar refractivity (Wildman–Crippen MR) is 138 cm³/mol. The number of rotatable bonds is 8. The molecule has 1 saturated carbocycles. The molecule has 0 aromatic heterocycles. The Balaban J connectivity index is 1.26. The molecule has 2 unspecified atom stereocenters. The van der Waals surface area contributed by atoms with Crippen molar-refractivity contribution in [2.24, 2.45) is 0 Å². The van der Waals surface area contributed by atoms with E-state index in [2.05, 4.69) is 39.0 Å². The van der Waals surface area contributed by atoms with E-state index in [-0.39, 0.29) is 30.1 Å². The summed E-state index contributed by atoms with van der Waals surface area (Å²) in [5.74, 6) is 0.423. The Labute approximate surface area is 219 Å². The normalized spacial score (nSPS) is 33.4. The Morgan fingerprint density at radius 1 is 1.11 bits per heavy atom. The molecule has 3 saturated heterocycles. The highest BCUT2D eigenvalue weighted by atomic mass is 19.4. The maximum absolute atomic E-state index is 12.7. The maximum Gasteiger partial charge on any atom is 0.389 e. The summed E-state index contributed by atoms with van der Waals surface area (Å²) in [7, 11) is 0. The predicted octanol–water partition coefficient (Wildman–Crippen LogP) is 5.09. The second-order valence-corrected chi connectivity index (χ2v) is 12.0. The van der Waals surface area contributed by atoms with Crippen LogP contribution in [0.15, 0.2) is 30.3 Å². The topological polar surface area (TPSA) is 50.2 Å². The Hall–Kier alpha value is -1.19. The van der Waals surface area contributed by atoms with Crippen LogP contribution < -0.4 is 0 Å². The Morgan fingerprint density at radius 2 is 1.86 bits per heavy atom. The SMILES string of the molecule is CCN(CCCC(F)(F)F)[C@H]1CCCC(O)N2[C@H](CC[C@H]2C(O)N2C[C@H](c3ccccc3)CC23CC3)C1. The number of fused-ring (bicyclic) bond motifs is 1. The average molecular weight is 524 g/mol. The van der Waals surface area contributed by atoms with E-state index in [1.165, 1.54) is 5.56 Å². The molecule has 0 amide bonds. The van der Waals surface area contributed by atoms with Gasteiger partial charge < -0.3 is 15.1 Å². The summed E-state index contributed by atoms with van der Waals surface area (Å²) in [5.41, 5.74) is 1.43. The van der Waals surface area contributed by atoms with Gasteiger partial charge in [0.25, 0.3) is 0 Å². The lowest BCUT2D eigenvalue weighted by molar-refractivity contribution is -0.137. The van der Waals surface area contributed by atoms with Crippen molar-refractivity contribution in [2.75, 3.05) is 19.6 Å². The minimum absolute atomic E-state index is 0.0890. The van der Waals surface area contributed by atoms with E-state index in [0.717, 1.165) is 64.5 Å². The molecule has 2 N–H and O–H groups in total. The van der Waals surface area contributed by atoms with Crippen LogP contribution in [0.1, 0.15) is 89.0 Å². The summed E-state index contributed by atoms with van der Waals surface area (Å²) in [5, 5.41) is 23.0. The first kappa shape index (κ1) is 27.4. The molecule has 208 valence electrons. The summed E-state index contributed by atoms with van der Waals surface area (Å²) >= 11 is 0. The van der Waals surface area contributed by atoms with Crippen molar-refractivity contribution in [1.29, 1.82) is 0 Å². The van der Waals surface area contributed by atoms with Crippen molar-refractivity contribution in [3.63, 3.8) is 0 Å². The van der Waals surface area contributed by atoms with E-state index in [9.17, 15) is 23.4 Å². The van der Waals surface area contributed by atoms with Crippen LogP contribution in [0.5, 0.6) is 0 Å². The third-order valence-electron chi connectivity index (χ3n) is 9.73. The third-order valence-corrected chi connectivity index (χ3v) is 9.73. The molecule has 1 aromatic rings. The van der Waals surface area contributed by atoms with Crippen LogP contribution in [-0.4, -0.2) is 86.8 Å². The quantitative estimate of drug-likeness (QED) is 0.498. The number of hydrogen-bond acceptors (Lipinski definition) is 5. The van der Waals surface area contributed by atoms with Crippen LogP contribution >= 0.6 is 0 Å². The van der Waals surface area contributed by atoms with Crippen LogP contribution in [0, 0.1) is 0 Å². The van der Waals surface area contributed by atoms with Crippen molar-refractivity contribution < 1.29 is 23.4 Å². The summed E-state index contributed by atoms with van der Waals surface area (Å²) in [6.07, 6.45) is 2.44. The molecule has 0 radical (unpaired) electrons. The first-order valence-electron chi connectivity index (χ1n) is 14.5. The van der Waals surface area contributed by atoms with Gasteiger partial charge in [-0.15, -0.1) is 0 Å². The van der Waals surface area contributed by atoms with Gasteiger partial charge in [0.1, 0.15) is 12.5 Å². The molecule has 1 spiro atoms. The number of halogens is 3. The Kier molecular flexibility index (Phi) is 8.23. The molecule has 3 aliphatic heterocycles. The third kappa shape index (κ3) is 6.03. The standard InChI is InChI=1S/C29H44F3N3O2/c1-2-33(17-7-14-29(30,31)32)23-10-6-11-26(36)35-24(18-23)12-13-25(35)27(37)34-20-22(19-28(34)15-16-28)21-8-4-3-5-9-21/h3-5,8-9,22-27,36-37H,2,6-7,10-20H2,1H3/t22-,23+,24-,25+,26?,27?/m1/s1. The minimum atomic E-state index is -4.11. The van der Waals surface area contributed by atoms with E-state index < -0.39 is 25.1 Å². The summed E-state index contributed by atoms with van der Waals surface area (Å²) in [4.78, 5) is 6.75. The molecular weight excluding hydrogens is 479 g/mol. The van der Waals surface area contributed by atoms with Crippen molar-refractivity contribution in [2.45, 2.75) is 126 Å². The van der Waals surface area contributed by atoms with Gasteiger partial charge in [0.2, 0.25) is 0 Å². The fourth-order valence-corrected chi connectivity index (χ4v) is 7.72. The van der Waals surface area contributed by atoms with Crippen LogP contribution in [0.2, 0.25) is 0 Å². The van der Waals surface area contributed by atoms with Gasteiger partial charge in [0.15, 0.2) is 0 Å². The number of likely N-dealkylation sites (tertiary alicyclic amines) is 1. The van der Waals surface area contributed by atoms with E-state index in [4.69, 9.17) is 0 Å². The second kappa shape index (κ2) is 11.1. The zero-order chi connectivity index (χ0) is 26.2. The average Bonchev–Trinajstić information content (AvgIpc) is 3.35. The molecule has 4 fully saturated rings. The fraction of sp³-hybridized carbons (Fsp3) is 0.793. The van der Waals surface area contributed by atoms with Crippen LogP contribution in [0.3, 0.4) is 0 Å². The summed E-state index contributed by atoms with van der Waals surface area (Å²) < 4.78 is 38.2. The van der Waals surface area contributed by atoms with Crippen molar-refractivity contribution in [3.8, 4) is 0 Å². The number of aliphatic hydroxyl groups excluding tert-OH is 2. The number of nitrogens with zero attached hydrogens (tertiary/aromatic N) is 3. The highest BCUT2D eigenvalue weighted by Gasteiger charge is 2.58. The lowest BCUT2D eigenvalue weighted by Gasteiger charge is -2.44. The van der Waals surface area contributed by atoms with Gasteiger partial charge in [-0.1, -0.05) is 37.3 Å². The fourth-order valence-electron chi connectivity index (χ4n) is 7.72. The summed E-state index contributed by atoms with van der Waals surface area (Å²) in [6, 6.07) is 10.9. The second-order valence-electron chi connectivity index (χ2n) is 12.0. The first-order valence-corrected chi connectivity index (χ1v) is 14.5. The van der Waals surface area contributed by atoms with E-state index >= 15 is 0 Å². The molecule has 5 nitrogen and oxygen atoms in total. The molecule has 1 aliphatic carbocycles. The van der Waals surface area contributed by atoms with Crippen molar-refractivity contribution in [3.05, 3.63) is 35.9 Å². The van der Waals surface area contributed by atoms with Crippen molar-refractivity contribution >= 4 is 0 Å². The van der Waals surface area contributed by atoms with E-state index in [0.29, 0.717) is 18.9 Å². The lowest BCUT2D eigenvalue weighted by Crippen LogP contribution is -2.57. The molecule has 1 aromatic carbocycles. The molecule has 4 aliphatic rings. The van der Waals surface area contributed by atoms with E-state index in [1.807, 2.05) is 13.0 Å². The van der Waals surface area contributed by atoms with Crippen molar-refractivity contribution in [1.82, 2.24) is 14.7 Å². The molecule has 5 rings (SSSR count). The molecule has 6 atom stereocenters. The van der Waals surface area contributed by atoms with Gasteiger partial charge in [0.05, 0.1) is 6.04 Å². The first-order chi connectivity index (χ1) is 17.7. The monoisotopic (exact) mass is 523 g/mol. The smallest absolute Gasteiger partial charge is 0.378 e. The summed E-state index contributed by atoms with van der Waals surface area (Å²) in [6.45, 7) is 4.08. The highest BCUT2D eigenvalue weighted by molar-refractivity contribution is 5.26. The van der Waals surface area contributed by atoms with Gasteiger partial charge in [-0.2, -0.15) is 13.2 Å². The zero-order valence-corrected chi connectivity index (χ0v) is 22.1. The van der Waals surface area contributed by atoms with Gasteiger partial charge in [-0.05, 0) is 88.8 Å². The lowest BCUT2D eigenvalue weighted by atomic mass is 9.95. The van der Waals surface area contributed by atoms with E-state index in [1.54, 1.807) is 0 Å². The van der Waals surface area contributed by atoms with Crippen LogP contribution in [0.25, 0.3) is 0 Å². The van der Waals surface area contributed by atoms with Gasteiger partial charge >= 0.3 is 6.18 Å². The van der Waals surface area contributed by atoms with Gasteiger partial charge in [-0.3, -0.25) is 9.80 Å². The van der Waals surface area contributed by atoms with Gasteiger partial charge in [-0.25, -0.2) is 0 Å². The molecule has 37 heavy (non-hydrogen) atoms. The zero-order valence-electron chi connectivity index (χ0n) is 22.1. The van der Waals surface area contributed by atoms with Crippen LogP contribution in [-0.2, 0) is 0 Å². The number of hydrogen-bond donors (Lipinski definition) is 2. The Bertz CT molecular complexity index is 881. The number of aliphatic hydroxyl groups is 2.